The topological polar surface area (TPSA) is 72.3 Å². The molecule has 0 unspecified atom stereocenters. The molecule has 1 amide bonds. The van der Waals surface area contributed by atoms with Crippen LogP contribution in [-0.2, 0) is 13.0 Å². The van der Waals surface area contributed by atoms with E-state index in [1.165, 1.54) is 0 Å². The standard InChI is InChI=1S/C20H23N5O/c1-14-6-7-19-17(11-14)20(26)25(24(3)12-15(2)23-19)13-16-5-4-10-22-18(16)8-9-21/h4-7,10-11,15,23H,8,12-13H2,1-3H3/t15-/m1/s1. The van der Waals surface area contributed by atoms with E-state index in [1.807, 2.05) is 49.3 Å². The number of benzene rings is 1. The third kappa shape index (κ3) is 3.68. The van der Waals surface area contributed by atoms with Gasteiger partial charge in [0.25, 0.3) is 5.91 Å². The van der Waals surface area contributed by atoms with Crippen molar-refractivity contribution in [3.8, 4) is 6.07 Å². The molecule has 0 saturated heterocycles. The van der Waals surface area contributed by atoms with Crippen molar-refractivity contribution < 1.29 is 4.79 Å². The molecule has 3 rings (SSSR count). The van der Waals surface area contributed by atoms with Gasteiger partial charge in [-0.2, -0.15) is 5.26 Å². The lowest BCUT2D eigenvalue weighted by molar-refractivity contribution is -0.00156. The number of aromatic nitrogens is 1. The molecular weight excluding hydrogens is 326 g/mol. The first-order valence-corrected chi connectivity index (χ1v) is 8.69. The van der Waals surface area contributed by atoms with Crippen LogP contribution in [0.4, 0.5) is 5.69 Å². The molecule has 0 saturated carbocycles. The molecule has 0 bridgehead atoms. The van der Waals surface area contributed by atoms with Gasteiger partial charge in [-0.1, -0.05) is 17.7 Å². The number of hydrazine groups is 1. The molecule has 2 aromatic rings. The van der Waals surface area contributed by atoms with Crippen LogP contribution in [0, 0.1) is 18.3 Å². The molecule has 6 heteroatoms. The molecule has 0 aliphatic carbocycles. The number of pyridine rings is 1. The molecule has 0 fully saturated rings. The molecule has 1 N–H and O–H groups in total. The summed E-state index contributed by atoms with van der Waals surface area (Å²) in [6.45, 7) is 5.16. The van der Waals surface area contributed by atoms with Gasteiger partial charge in [-0.25, -0.2) is 5.01 Å². The summed E-state index contributed by atoms with van der Waals surface area (Å²) in [5.41, 5.74) is 4.17. The second kappa shape index (κ2) is 7.54. The largest absolute Gasteiger partial charge is 0.381 e. The van der Waals surface area contributed by atoms with E-state index in [1.54, 1.807) is 11.2 Å². The van der Waals surface area contributed by atoms with Gasteiger partial charge in [0.15, 0.2) is 0 Å². The monoisotopic (exact) mass is 349 g/mol. The van der Waals surface area contributed by atoms with Gasteiger partial charge in [0.05, 0.1) is 30.3 Å². The van der Waals surface area contributed by atoms with Crippen LogP contribution in [0.15, 0.2) is 36.5 Å². The summed E-state index contributed by atoms with van der Waals surface area (Å²) >= 11 is 0. The predicted molar refractivity (Wildman–Crippen MR) is 100 cm³/mol. The summed E-state index contributed by atoms with van der Waals surface area (Å²) in [5, 5.41) is 16.1. The quantitative estimate of drug-likeness (QED) is 0.922. The number of nitrogens with zero attached hydrogens (tertiary/aromatic N) is 4. The Morgan fingerprint density at radius 2 is 2.19 bits per heavy atom. The van der Waals surface area contributed by atoms with Gasteiger partial charge in [-0.15, -0.1) is 0 Å². The number of likely N-dealkylation sites (N-methyl/N-ethyl adjacent to an activating group) is 1. The van der Waals surface area contributed by atoms with Crippen molar-refractivity contribution in [2.24, 2.45) is 0 Å². The lowest BCUT2D eigenvalue weighted by Gasteiger charge is -2.37. The van der Waals surface area contributed by atoms with Gasteiger partial charge in [-0.05, 0) is 37.6 Å². The van der Waals surface area contributed by atoms with Crippen LogP contribution in [0.2, 0.25) is 0 Å². The zero-order valence-corrected chi connectivity index (χ0v) is 15.4. The molecule has 26 heavy (non-hydrogen) atoms. The van der Waals surface area contributed by atoms with Gasteiger partial charge >= 0.3 is 0 Å². The molecule has 1 aliphatic heterocycles. The van der Waals surface area contributed by atoms with E-state index in [9.17, 15) is 4.79 Å². The van der Waals surface area contributed by atoms with E-state index < -0.39 is 0 Å². The SMILES string of the molecule is Cc1ccc2c(c1)C(=O)N(Cc1cccnc1CC#N)N(C)C[C@@H](C)N2. The Morgan fingerprint density at radius 1 is 1.38 bits per heavy atom. The predicted octanol–water partition coefficient (Wildman–Crippen LogP) is 2.76. The Bertz CT molecular complexity index is 858. The number of carbonyl (C=O) groups is 1. The van der Waals surface area contributed by atoms with Crippen LogP contribution in [0.1, 0.15) is 34.1 Å². The number of nitrogens with one attached hydrogen (secondary N) is 1. The summed E-state index contributed by atoms with van der Waals surface area (Å²) in [6, 6.07) is 12.0. The van der Waals surface area contributed by atoms with Gasteiger partial charge in [-0.3, -0.25) is 14.8 Å². The fourth-order valence-corrected chi connectivity index (χ4v) is 3.26. The average molecular weight is 349 g/mol. The molecule has 0 spiro atoms. The second-order valence-corrected chi connectivity index (χ2v) is 6.74. The number of rotatable bonds is 3. The first-order valence-electron chi connectivity index (χ1n) is 8.69. The number of anilines is 1. The van der Waals surface area contributed by atoms with Gasteiger partial charge in [0.2, 0.25) is 0 Å². The average Bonchev–Trinajstić information content (AvgIpc) is 2.61. The van der Waals surface area contributed by atoms with Crippen molar-refractivity contribution in [2.75, 3.05) is 18.9 Å². The Kier molecular flexibility index (Phi) is 5.19. The van der Waals surface area contributed by atoms with Crippen molar-refractivity contribution >= 4 is 11.6 Å². The van der Waals surface area contributed by atoms with Crippen molar-refractivity contribution in [1.29, 1.82) is 5.26 Å². The second-order valence-electron chi connectivity index (χ2n) is 6.74. The van der Waals surface area contributed by atoms with Crippen molar-refractivity contribution in [3.63, 3.8) is 0 Å². The highest BCUT2D eigenvalue weighted by molar-refractivity contribution is 5.99. The van der Waals surface area contributed by atoms with E-state index in [-0.39, 0.29) is 18.4 Å². The number of hydrogen-bond acceptors (Lipinski definition) is 5. The molecule has 1 aromatic heterocycles. The number of carbonyl (C=O) groups excluding carboxylic acids is 1. The highest BCUT2D eigenvalue weighted by Crippen LogP contribution is 2.25. The highest BCUT2D eigenvalue weighted by Gasteiger charge is 2.27. The van der Waals surface area contributed by atoms with Crippen LogP contribution >= 0.6 is 0 Å². The summed E-state index contributed by atoms with van der Waals surface area (Å²) in [6.07, 6.45) is 1.91. The van der Waals surface area contributed by atoms with Gasteiger partial charge in [0.1, 0.15) is 0 Å². The number of nitriles is 1. The lowest BCUT2D eigenvalue weighted by atomic mass is 10.1. The zero-order chi connectivity index (χ0) is 18.7. The van der Waals surface area contributed by atoms with Crippen LogP contribution in [-0.4, -0.2) is 40.5 Å². The summed E-state index contributed by atoms with van der Waals surface area (Å²) < 4.78 is 0. The number of fused-ring (bicyclic) bond motifs is 1. The van der Waals surface area contributed by atoms with Crippen LogP contribution in [0.5, 0.6) is 0 Å². The fourth-order valence-electron chi connectivity index (χ4n) is 3.26. The smallest absolute Gasteiger partial charge is 0.270 e. The van der Waals surface area contributed by atoms with Crippen LogP contribution < -0.4 is 5.32 Å². The molecule has 134 valence electrons. The highest BCUT2D eigenvalue weighted by atomic mass is 16.2. The molecule has 0 radical (unpaired) electrons. The van der Waals surface area contributed by atoms with E-state index in [2.05, 4.69) is 23.3 Å². The number of amides is 1. The molecule has 1 atom stereocenters. The Hall–Kier alpha value is -2.91. The maximum atomic E-state index is 13.3. The minimum absolute atomic E-state index is 0.0580. The van der Waals surface area contributed by atoms with Crippen molar-refractivity contribution in [1.82, 2.24) is 15.0 Å². The fraction of sp³-hybridized carbons (Fsp3) is 0.350. The lowest BCUT2D eigenvalue weighted by Crippen LogP contribution is -2.49. The van der Waals surface area contributed by atoms with E-state index >= 15 is 0 Å². The molecular formula is C20H23N5O. The van der Waals surface area contributed by atoms with Crippen LogP contribution in [0.25, 0.3) is 0 Å². The minimum Gasteiger partial charge on any atom is -0.381 e. The van der Waals surface area contributed by atoms with Crippen molar-refractivity contribution in [3.05, 3.63) is 58.9 Å². The van der Waals surface area contributed by atoms with Crippen LogP contribution in [0.3, 0.4) is 0 Å². The molecule has 6 nitrogen and oxygen atoms in total. The Labute approximate surface area is 154 Å². The Balaban J connectivity index is 2.00. The maximum absolute atomic E-state index is 13.3. The number of aryl methyl sites for hydroxylation is 1. The third-order valence-electron chi connectivity index (χ3n) is 4.54. The van der Waals surface area contributed by atoms with Gasteiger partial charge < -0.3 is 5.32 Å². The first-order chi connectivity index (χ1) is 12.5. The minimum atomic E-state index is -0.0580. The van der Waals surface area contributed by atoms with E-state index in [4.69, 9.17) is 5.26 Å². The first kappa shape index (κ1) is 17.9. The third-order valence-corrected chi connectivity index (χ3v) is 4.54. The van der Waals surface area contributed by atoms with Gasteiger partial charge in [0, 0.05) is 31.5 Å². The maximum Gasteiger partial charge on any atom is 0.270 e. The molecule has 2 heterocycles. The molecule has 1 aromatic carbocycles. The van der Waals surface area contributed by atoms with Crippen molar-refractivity contribution in [2.45, 2.75) is 32.9 Å². The van der Waals surface area contributed by atoms with E-state index in [0.717, 1.165) is 16.8 Å². The summed E-state index contributed by atoms with van der Waals surface area (Å²) in [4.78, 5) is 17.6. The Morgan fingerprint density at radius 3 is 2.96 bits per heavy atom. The zero-order valence-electron chi connectivity index (χ0n) is 15.4. The summed E-state index contributed by atoms with van der Waals surface area (Å²) in [7, 11) is 1.91. The molecule has 1 aliphatic rings. The summed E-state index contributed by atoms with van der Waals surface area (Å²) in [5.74, 6) is -0.0580. The number of hydrogen-bond donors (Lipinski definition) is 1. The van der Waals surface area contributed by atoms with E-state index in [0.29, 0.717) is 24.3 Å². The normalized spacial score (nSPS) is 17.7.